The number of hydrogen-bond donors (Lipinski definition) is 0. The Morgan fingerprint density at radius 1 is 1.03 bits per heavy atom. The van der Waals surface area contributed by atoms with Gasteiger partial charge in [0.15, 0.2) is 0 Å². The van der Waals surface area contributed by atoms with Crippen molar-refractivity contribution in [3.05, 3.63) is 35.9 Å². The number of urea groups is 1. The second kappa shape index (κ2) is 11.6. The van der Waals surface area contributed by atoms with Crippen molar-refractivity contribution >= 4 is 24.3 Å². The number of amides is 3. The van der Waals surface area contributed by atoms with E-state index < -0.39 is 6.67 Å². The van der Waals surface area contributed by atoms with Gasteiger partial charge in [0.25, 0.3) is 0 Å². The molecule has 0 N–H and O–H groups in total. The largest absolute Gasteiger partial charge is 0.341 e. The van der Waals surface area contributed by atoms with Gasteiger partial charge in [-0.25, -0.2) is 9.18 Å². The average Bonchev–Trinajstić information content (AvgIpc) is 3.67. The SMILES string of the molecule is CC(C)N1C(=O)N(CCF)CC12CC1CCC(C2)N1C[C@H]1CN(C(=O)C2CCCC2)C[C@@H]1c1ccccc1.Cl. The van der Waals surface area contributed by atoms with E-state index in [0.29, 0.717) is 36.4 Å². The molecule has 0 aromatic heterocycles. The smallest absolute Gasteiger partial charge is 0.320 e. The van der Waals surface area contributed by atoms with Crippen molar-refractivity contribution in [3.8, 4) is 0 Å². The molecule has 8 heteroatoms. The summed E-state index contributed by atoms with van der Waals surface area (Å²) in [5.74, 6) is 1.41. The highest BCUT2D eigenvalue weighted by Crippen LogP contribution is 2.48. The predicted molar refractivity (Wildman–Crippen MR) is 154 cm³/mol. The van der Waals surface area contributed by atoms with Crippen molar-refractivity contribution in [1.29, 1.82) is 0 Å². The minimum Gasteiger partial charge on any atom is -0.341 e. The summed E-state index contributed by atoms with van der Waals surface area (Å²) >= 11 is 0. The second-order valence-electron chi connectivity index (χ2n) is 13.1. The second-order valence-corrected chi connectivity index (χ2v) is 13.1. The third kappa shape index (κ3) is 5.18. The number of likely N-dealkylation sites (tertiary alicyclic amines) is 1. The predicted octanol–water partition coefficient (Wildman–Crippen LogP) is 5.32. The summed E-state index contributed by atoms with van der Waals surface area (Å²) in [6.45, 7) is 7.30. The molecular weight excluding hydrogens is 515 g/mol. The third-order valence-corrected chi connectivity index (χ3v) is 10.5. The molecular formula is C31H46ClFN4O2. The van der Waals surface area contributed by atoms with E-state index in [1.807, 2.05) is 0 Å². The van der Waals surface area contributed by atoms with Crippen molar-refractivity contribution in [2.24, 2.45) is 11.8 Å². The first-order valence-electron chi connectivity index (χ1n) is 15.1. The van der Waals surface area contributed by atoms with Crippen LogP contribution in [0, 0.1) is 11.8 Å². The zero-order chi connectivity index (χ0) is 26.4. The first-order valence-corrected chi connectivity index (χ1v) is 15.1. The molecule has 5 fully saturated rings. The van der Waals surface area contributed by atoms with Crippen LogP contribution >= 0.6 is 12.4 Å². The number of benzene rings is 1. The third-order valence-electron chi connectivity index (χ3n) is 10.5. The molecule has 4 aliphatic heterocycles. The Morgan fingerprint density at radius 3 is 2.31 bits per heavy atom. The van der Waals surface area contributed by atoms with Gasteiger partial charge in [-0.3, -0.25) is 9.69 Å². The van der Waals surface area contributed by atoms with Gasteiger partial charge < -0.3 is 14.7 Å². The molecule has 3 amide bonds. The van der Waals surface area contributed by atoms with Crippen LogP contribution in [0.4, 0.5) is 9.18 Å². The van der Waals surface area contributed by atoms with Gasteiger partial charge in [-0.1, -0.05) is 43.2 Å². The molecule has 0 radical (unpaired) electrons. The highest BCUT2D eigenvalue weighted by atomic mass is 35.5. The highest BCUT2D eigenvalue weighted by molar-refractivity contribution is 5.85. The summed E-state index contributed by atoms with van der Waals surface area (Å²) in [5, 5.41) is 0. The Balaban J connectivity index is 0.00000308. The van der Waals surface area contributed by atoms with Gasteiger partial charge in [0, 0.05) is 56.1 Å². The van der Waals surface area contributed by atoms with Gasteiger partial charge in [0.1, 0.15) is 6.67 Å². The Bertz CT molecular complexity index is 1010. The number of nitrogens with zero attached hydrogens (tertiary/aromatic N) is 4. The number of alkyl halides is 1. The van der Waals surface area contributed by atoms with Crippen molar-refractivity contribution in [2.45, 2.75) is 94.8 Å². The topological polar surface area (TPSA) is 47.1 Å². The zero-order valence-corrected chi connectivity index (χ0v) is 24.5. The van der Waals surface area contributed by atoms with E-state index >= 15 is 0 Å². The number of piperidine rings is 1. The van der Waals surface area contributed by atoms with Gasteiger partial charge in [-0.05, 0) is 63.9 Å². The Hall–Kier alpha value is -1.86. The van der Waals surface area contributed by atoms with Crippen LogP contribution in [0.15, 0.2) is 30.3 Å². The number of halogens is 2. The van der Waals surface area contributed by atoms with Crippen molar-refractivity contribution in [2.75, 3.05) is 39.4 Å². The van der Waals surface area contributed by atoms with Crippen LogP contribution in [-0.2, 0) is 4.79 Å². The molecule has 6 rings (SSSR count). The molecule has 4 heterocycles. The lowest BCUT2D eigenvalue weighted by molar-refractivity contribution is -0.134. The molecule has 1 aliphatic carbocycles. The maximum absolute atomic E-state index is 13.4. The standard InChI is InChI=1S/C31H45FN4O2.ClH/c1-22(2)36-30(38)33(15-14-32)21-31(36)16-26-12-13-27(17-31)35(26)19-25-18-34(29(37)24-10-6-7-11-24)20-28(25)23-8-4-3-5-9-23;/h3-5,8-9,22,24-28H,6-7,10-21H2,1-2H3;1H/t25-,26?,27?,28-,31?;/m1./s1. The van der Waals surface area contributed by atoms with Gasteiger partial charge >= 0.3 is 6.03 Å². The summed E-state index contributed by atoms with van der Waals surface area (Å²) in [5.41, 5.74) is 1.18. The van der Waals surface area contributed by atoms with E-state index in [1.165, 1.54) is 31.2 Å². The van der Waals surface area contributed by atoms with Gasteiger partial charge in [0.2, 0.25) is 5.91 Å². The van der Waals surface area contributed by atoms with Crippen LogP contribution in [0.5, 0.6) is 0 Å². The molecule has 1 aromatic carbocycles. The summed E-state index contributed by atoms with van der Waals surface area (Å²) in [4.78, 5) is 35.5. The molecule has 1 aromatic rings. The fourth-order valence-electron chi connectivity index (χ4n) is 8.95. The van der Waals surface area contributed by atoms with E-state index in [1.54, 1.807) is 4.90 Å². The van der Waals surface area contributed by atoms with Gasteiger partial charge in [-0.2, -0.15) is 0 Å². The normalized spacial score (nSPS) is 33.1. The maximum Gasteiger partial charge on any atom is 0.320 e. The van der Waals surface area contributed by atoms with Crippen molar-refractivity contribution in [3.63, 3.8) is 0 Å². The Labute approximate surface area is 239 Å². The number of fused-ring (bicyclic) bond motifs is 2. The Kier molecular flexibility index (Phi) is 8.49. The first kappa shape index (κ1) is 28.7. The lowest BCUT2D eigenvalue weighted by atomic mass is 9.80. The molecule has 2 bridgehead atoms. The quantitative estimate of drug-likeness (QED) is 0.453. The minimum absolute atomic E-state index is 0. The maximum atomic E-state index is 13.4. The molecule has 216 valence electrons. The Morgan fingerprint density at radius 2 is 1.69 bits per heavy atom. The van der Waals surface area contributed by atoms with Crippen LogP contribution in [0.25, 0.3) is 0 Å². The molecule has 5 aliphatic rings. The van der Waals surface area contributed by atoms with E-state index in [0.717, 1.165) is 45.3 Å². The van der Waals surface area contributed by atoms with Crippen LogP contribution in [0.3, 0.4) is 0 Å². The highest BCUT2D eigenvalue weighted by Gasteiger charge is 2.58. The summed E-state index contributed by atoms with van der Waals surface area (Å²) < 4.78 is 13.3. The first-order chi connectivity index (χ1) is 18.4. The van der Waals surface area contributed by atoms with Crippen LogP contribution in [-0.4, -0.2) is 94.6 Å². The van der Waals surface area contributed by atoms with Crippen molar-refractivity contribution < 1.29 is 14.0 Å². The van der Waals surface area contributed by atoms with Crippen LogP contribution in [0.1, 0.15) is 76.7 Å². The van der Waals surface area contributed by atoms with Gasteiger partial charge in [-0.15, -0.1) is 12.4 Å². The van der Waals surface area contributed by atoms with E-state index in [-0.39, 0.29) is 42.5 Å². The molecule has 1 saturated carbocycles. The number of hydrogen-bond acceptors (Lipinski definition) is 3. The summed E-state index contributed by atoms with van der Waals surface area (Å²) in [6, 6.07) is 11.8. The minimum atomic E-state index is -0.481. The van der Waals surface area contributed by atoms with E-state index in [2.05, 4.69) is 58.9 Å². The molecule has 39 heavy (non-hydrogen) atoms. The molecule has 4 atom stereocenters. The molecule has 6 nitrogen and oxygen atoms in total. The zero-order valence-electron chi connectivity index (χ0n) is 23.6. The van der Waals surface area contributed by atoms with Crippen LogP contribution in [0.2, 0.25) is 0 Å². The van der Waals surface area contributed by atoms with E-state index in [9.17, 15) is 14.0 Å². The van der Waals surface area contributed by atoms with Gasteiger partial charge in [0.05, 0.1) is 12.1 Å². The molecule has 4 saturated heterocycles. The number of carbonyl (C=O) groups excluding carboxylic acids is 2. The lowest BCUT2D eigenvalue weighted by Gasteiger charge is -2.50. The average molecular weight is 561 g/mol. The summed E-state index contributed by atoms with van der Waals surface area (Å²) in [7, 11) is 0. The number of carbonyl (C=O) groups is 2. The van der Waals surface area contributed by atoms with Crippen LogP contribution < -0.4 is 0 Å². The fraction of sp³-hybridized carbons (Fsp3) is 0.742. The fourth-order valence-corrected chi connectivity index (χ4v) is 8.95. The molecule has 1 spiro atoms. The van der Waals surface area contributed by atoms with E-state index in [4.69, 9.17) is 0 Å². The van der Waals surface area contributed by atoms with Crippen molar-refractivity contribution in [1.82, 2.24) is 19.6 Å². The lowest BCUT2D eigenvalue weighted by Crippen LogP contribution is -2.60. The number of rotatable bonds is 7. The monoisotopic (exact) mass is 560 g/mol. The molecule has 2 unspecified atom stereocenters. The summed E-state index contributed by atoms with van der Waals surface area (Å²) in [6.07, 6.45) is 8.78.